The molecule has 0 radical (unpaired) electrons. The number of urea groups is 1. The van der Waals surface area contributed by atoms with Crippen LogP contribution in [0, 0.1) is 0 Å². The van der Waals surface area contributed by atoms with Gasteiger partial charge in [0.05, 0.1) is 12.8 Å². The van der Waals surface area contributed by atoms with Crippen LogP contribution in [0.5, 0.6) is 11.5 Å². The number of carbonyl (C=O) groups excluding carboxylic acids is 1. The highest BCUT2D eigenvalue weighted by molar-refractivity contribution is 5.74. The fourth-order valence-corrected chi connectivity index (χ4v) is 2.56. The first-order valence-corrected chi connectivity index (χ1v) is 7.87. The third-order valence-corrected chi connectivity index (χ3v) is 4.16. The summed E-state index contributed by atoms with van der Waals surface area (Å²) in [6.45, 7) is 5.36. The van der Waals surface area contributed by atoms with Gasteiger partial charge in [-0.25, -0.2) is 4.79 Å². The summed E-state index contributed by atoms with van der Waals surface area (Å²) in [7, 11) is 1.74. The summed E-state index contributed by atoms with van der Waals surface area (Å²) in [6.07, 6.45) is 1.60. The molecule has 1 aromatic heterocycles. The summed E-state index contributed by atoms with van der Waals surface area (Å²) >= 11 is 0. The molecule has 0 aliphatic carbocycles. The number of hydrogen-bond acceptors (Lipinski definition) is 4. The van der Waals surface area contributed by atoms with Gasteiger partial charge in [-0.05, 0) is 29.8 Å². The van der Waals surface area contributed by atoms with Crippen molar-refractivity contribution in [3.05, 3.63) is 47.9 Å². The molecule has 1 aliphatic heterocycles. The molecule has 3 rings (SSSR count). The van der Waals surface area contributed by atoms with Crippen LogP contribution in [-0.4, -0.2) is 31.3 Å². The second-order valence-electron chi connectivity index (χ2n) is 6.55. The topological polar surface area (TPSA) is 63.9 Å². The number of nitrogens with one attached hydrogen (secondary N) is 1. The highest BCUT2D eigenvalue weighted by atomic mass is 16.7. The van der Waals surface area contributed by atoms with Crippen LogP contribution < -0.4 is 14.8 Å². The molecular weight excluding hydrogens is 308 g/mol. The third kappa shape index (κ3) is 3.48. The predicted octanol–water partition coefficient (Wildman–Crippen LogP) is 3.13. The van der Waals surface area contributed by atoms with Gasteiger partial charge in [-0.15, -0.1) is 0 Å². The lowest BCUT2D eigenvalue weighted by Crippen LogP contribution is -2.42. The Morgan fingerprint density at radius 2 is 2.04 bits per heavy atom. The minimum absolute atomic E-state index is 0.139. The van der Waals surface area contributed by atoms with Gasteiger partial charge >= 0.3 is 6.03 Å². The first kappa shape index (κ1) is 16.2. The Morgan fingerprint density at radius 3 is 2.79 bits per heavy atom. The summed E-state index contributed by atoms with van der Waals surface area (Å²) in [5, 5.41) is 2.97. The molecule has 0 atom stereocenters. The third-order valence-electron chi connectivity index (χ3n) is 4.16. The molecule has 0 fully saturated rings. The highest BCUT2D eigenvalue weighted by Gasteiger charge is 2.25. The lowest BCUT2D eigenvalue weighted by atomic mass is 9.84. The standard InChI is InChI=1S/C18H22N2O4/c1-18(2,13-6-7-15-16(9-13)24-12-23-15)11-19-17(21)20(3)10-14-5-4-8-22-14/h4-9H,10-12H2,1-3H3,(H,19,21). The van der Waals surface area contributed by atoms with E-state index in [0.717, 1.165) is 22.8 Å². The van der Waals surface area contributed by atoms with Gasteiger partial charge in [0.2, 0.25) is 6.79 Å². The zero-order valence-electron chi connectivity index (χ0n) is 14.2. The van der Waals surface area contributed by atoms with Crippen LogP contribution in [-0.2, 0) is 12.0 Å². The smallest absolute Gasteiger partial charge is 0.317 e. The number of nitrogens with zero attached hydrogens (tertiary/aromatic N) is 1. The fraction of sp³-hybridized carbons (Fsp3) is 0.389. The zero-order chi connectivity index (χ0) is 17.2. The molecule has 6 heteroatoms. The van der Waals surface area contributed by atoms with Crippen LogP contribution in [0.4, 0.5) is 4.79 Å². The van der Waals surface area contributed by atoms with Crippen molar-refractivity contribution in [2.24, 2.45) is 0 Å². The van der Waals surface area contributed by atoms with Gasteiger partial charge in [-0.3, -0.25) is 0 Å². The maximum atomic E-state index is 12.3. The highest BCUT2D eigenvalue weighted by Crippen LogP contribution is 2.36. The molecule has 2 heterocycles. The van der Waals surface area contributed by atoms with E-state index in [1.165, 1.54) is 0 Å². The molecular formula is C18H22N2O4. The van der Waals surface area contributed by atoms with Gasteiger partial charge in [-0.2, -0.15) is 0 Å². The Balaban J connectivity index is 1.59. The van der Waals surface area contributed by atoms with Crippen molar-refractivity contribution in [1.29, 1.82) is 0 Å². The quantitative estimate of drug-likeness (QED) is 0.915. The van der Waals surface area contributed by atoms with E-state index in [9.17, 15) is 4.79 Å². The SMILES string of the molecule is CN(Cc1ccco1)C(=O)NCC(C)(C)c1ccc2c(c1)OCO2. The molecule has 6 nitrogen and oxygen atoms in total. The van der Waals surface area contributed by atoms with Crippen LogP contribution >= 0.6 is 0 Å². The first-order chi connectivity index (χ1) is 11.5. The monoisotopic (exact) mass is 330 g/mol. The Morgan fingerprint density at radius 1 is 1.25 bits per heavy atom. The van der Waals surface area contributed by atoms with E-state index in [2.05, 4.69) is 19.2 Å². The Kier molecular flexibility index (Phi) is 4.38. The number of furan rings is 1. The minimum atomic E-state index is -0.234. The van der Waals surface area contributed by atoms with Crippen molar-refractivity contribution in [2.75, 3.05) is 20.4 Å². The number of ether oxygens (including phenoxy) is 2. The lowest BCUT2D eigenvalue weighted by molar-refractivity contribution is 0.174. The molecule has 0 saturated carbocycles. The van der Waals surface area contributed by atoms with E-state index in [1.807, 2.05) is 30.3 Å². The van der Waals surface area contributed by atoms with E-state index < -0.39 is 0 Å². The Labute approximate surface area is 141 Å². The second kappa shape index (κ2) is 6.47. The van der Waals surface area contributed by atoms with Crippen LogP contribution in [0.1, 0.15) is 25.2 Å². The summed E-state index contributed by atoms with van der Waals surface area (Å²) in [4.78, 5) is 13.9. The number of fused-ring (bicyclic) bond motifs is 1. The minimum Gasteiger partial charge on any atom is -0.467 e. The summed E-state index contributed by atoms with van der Waals surface area (Å²) in [5.74, 6) is 2.27. The molecule has 2 aromatic rings. The number of amides is 2. The van der Waals surface area contributed by atoms with E-state index >= 15 is 0 Å². The van der Waals surface area contributed by atoms with Crippen LogP contribution in [0.3, 0.4) is 0 Å². The maximum Gasteiger partial charge on any atom is 0.317 e. The largest absolute Gasteiger partial charge is 0.467 e. The van der Waals surface area contributed by atoms with Gasteiger partial charge in [0.15, 0.2) is 11.5 Å². The van der Waals surface area contributed by atoms with Crippen molar-refractivity contribution in [3.63, 3.8) is 0 Å². The molecule has 0 spiro atoms. The van der Waals surface area contributed by atoms with Gasteiger partial charge < -0.3 is 24.1 Å². The number of rotatable bonds is 5. The van der Waals surface area contributed by atoms with Crippen molar-refractivity contribution in [3.8, 4) is 11.5 Å². The molecule has 128 valence electrons. The number of hydrogen-bond donors (Lipinski definition) is 1. The van der Waals surface area contributed by atoms with Gasteiger partial charge in [0, 0.05) is 19.0 Å². The number of carbonyl (C=O) groups is 1. The molecule has 1 aromatic carbocycles. The molecule has 0 saturated heterocycles. The molecule has 2 amide bonds. The van der Waals surface area contributed by atoms with Crippen molar-refractivity contribution in [2.45, 2.75) is 25.8 Å². The second-order valence-corrected chi connectivity index (χ2v) is 6.55. The van der Waals surface area contributed by atoms with Gasteiger partial charge in [0.25, 0.3) is 0 Å². The van der Waals surface area contributed by atoms with Gasteiger partial charge in [0.1, 0.15) is 5.76 Å². The molecule has 24 heavy (non-hydrogen) atoms. The summed E-state index contributed by atoms with van der Waals surface area (Å²) < 4.78 is 16.0. The van der Waals surface area contributed by atoms with Crippen LogP contribution in [0.25, 0.3) is 0 Å². The van der Waals surface area contributed by atoms with E-state index in [1.54, 1.807) is 18.2 Å². The first-order valence-electron chi connectivity index (χ1n) is 7.87. The Bertz CT molecular complexity index is 710. The van der Waals surface area contributed by atoms with Crippen molar-refractivity contribution < 1.29 is 18.7 Å². The molecule has 1 aliphatic rings. The Hall–Kier alpha value is -2.63. The van der Waals surface area contributed by atoms with E-state index in [-0.39, 0.29) is 18.2 Å². The lowest BCUT2D eigenvalue weighted by Gasteiger charge is -2.27. The fourth-order valence-electron chi connectivity index (χ4n) is 2.56. The summed E-state index contributed by atoms with van der Waals surface area (Å²) in [6, 6.07) is 9.40. The normalized spacial score (nSPS) is 13.0. The van der Waals surface area contributed by atoms with E-state index in [0.29, 0.717) is 13.1 Å². The van der Waals surface area contributed by atoms with Crippen LogP contribution in [0.15, 0.2) is 41.0 Å². The van der Waals surface area contributed by atoms with E-state index in [4.69, 9.17) is 13.9 Å². The maximum absolute atomic E-state index is 12.3. The van der Waals surface area contributed by atoms with Crippen molar-refractivity contribution in [1.82, 2.24) is 10.2 Å². The predicted molar refractivity (Wildman–Crippen MR) is 89.2 cm³/mol. The summed E-state index contributed by atoms with van der Waals surface area (Å²) in [5.41, 5.74) is 0.850. The van der Waals surface area contributed by atoms with Crippen LogP contribution in [0.2, 0.25) is 0 Å². The van der Waals surface area contributed by atoms with Crippen molar-refractivity contribution >= 4 is 6.03 Å². The average Bonchev–Trinajstić information content (AvgIpc) is 3.22. The average molecular weight is 330 g/mol. The zero-order valence-corrected chi connectivity index (χ0v) is 14.2. The van der Waals surface area contributed by atoms with Gasteiger partial charge in [-0.1, -0.05) is 19.9 Å². The molecule has 1 N–H and O–H groups in total. The molecule has 0 bridgehead atoms. The molecule has 0 unspecified atom stereocenters. The number of benzene rings is 1.